The van der Waals surface area contributed by atoms with Gasteiger partial charge < -0.3 is 4.74 Å². The van der Waals surface area contributed by atoms with Crippen molar-refractivity contribution >= 4 is 0 Å². The van der Waals surface area contributed by atoms with Crippen LogP contribution in [0.15, 0.2) is 36.4 Å². The van der Waals surface area contributed by atoms with Crippen LogP contribution in [0.4, 0.5) is 0 Å². The maximum atomic E-state index is 5.31. The van der Waals surface area contributed by atoms with Crippen LogP contribution in [0.3, 0.4) is 0 Å². The predicted octanol–water partition coefficient (Wildman–Crippen LogP) is 5.08. The Labute approximate surface area is 173 Å². The van der Waals surface area contributed by atoms with E-state index in [4.69, 9.17) is 9.84 Å². The van der Waals surface area contributed by atoms with Gasteiger partial charge in [0.1, 0.15) is 5.75 Å². The van der Waals surface area contributed by atoms with Gasteiger partial charge in [-0.15, -0.1) is 0 Å². The van der Waals surface area contributed by atoms with Crippen LogP contribution < -0.4 is 4.74 Å². The second kappa shape index (κ2) is 7.37. The summed E-state index contributed by atoms with van der Waals surface area (Å²) in [6.07, 6.45) is 10.7. The minimum atomic E-state index is 0.748. The van der Waals surface area contributed by atoms with E-state index in [1.165, 1.54) is 45.0 Å². The number of aromatic nitrogens is 2. The van der Waals surface area contributed by atoms with Crippen LogP contribution in [0.2, 0.25) is 0 Å². The lowest BCUT2D eigenvalue weighted by Crippen LogP contribution is -2.12. The first-order valence-electron chi connectivity index (χ1n) is 10.2. The number of nitrogens with zero attached hydrogens (tertiary/aromatic N) is 2. The fourth-order valence-corrected chi connectivity index (χ4v) is 4.62. The molecule has 0 N–H and O–H groups in total. The number of hydrogen-bond acceptors (Lipinski definition) is 2. The van der Waals surface area contributed by atoms with Crippen LogP contribution in [0.25, 0.3) is 11.3 Å². The minimum absolute atomic E-state index is 0.748. The predicted molar refractivity (Wildman–Crippen MR) is 116 cm³/mol. The summed E-state index contributed by atoms with van der Waals surface area (Å²) in [5.74, 6) is 2.13. The molecule has 3 aromatic rings. The molecule has 2 aliphatic rings. The summed E-state index contributed by atoms with van der Waals surface area (Å²) in [5, 5.41) is 5.15. The summed E-state index contributed by atoms with van der Waals surface area (Å²) in [6, 6.07) is 12.9. The van der Waals surface area contributed by atoms with Crippen LogP contribution in [-0.4, -0.2) is 16.9 Å². The number of aryl methyl sites for hydroxylation is 2. The van der Waals surface area contributed by atoms with Crippen LogP contribution in [0.5, 0.6) is 5.75 Å². The topological polar surface area (TPSA) is 27.1 Å². The Balaban J connectivity index is 1.62. The molecule has 2 aromatic carbocycles. The Bertz CT molecular complexity index is 1040. The summed E-state index contributed by atoms with van der Waals surface area (Å²) < 4.78 is 7.50. The zero-order valence-corrected chi connectivity index (χ0v) is 17.2. The maximum absolute atomic E-state index is 5.31. The molecule has 3 nitrogen and oxygen atoms in total. The van der Waals surface area contributed by atoms with Crippen LogP contribution in [0.1, 0.15) is 33.5 Å². The van der Waals surface area contributed by atoms with Crippen molar-refractivity contribution in [1.82, 2.24) is 9.78 Å². The highest BCUT2D eigenvalue weighted by atomic mass is 16.5. The van der Waals surface area contributed by atoms with E-state index in [1.54, 1.807) is 7.11 Å². The molecule has 5 rings (SSSR count). The minimum Gasteiger partial charge on any atom is -0.497 e. The molecule has 0 atom stereocenters. The summed E-state index contributed by atoms with van der Waals surface area (Å²) >= 11 is 0. The molecule has 1 saturated carbocycles. The first-order chi connectivity index (χ1) is 14.1. The molecule has 3 heteroatoms. The molecule has 0 aliphatic heterocycles. The zero-order chi connectivity index (χ0) is 20.0. The third kappa shape index (κ3) is 3.27. The lowest BCUT2D eigenvalue weighted by Gasteiger charge is -2.20. The van der Waals surface area contributed by atoms with Gasteiger partial charge >= 0.3 is 0 Å². The highest BCUT2D eigenvalue weighted by molar-refractivity contribution is 5.74. The fraction of sp³-hybridized carbons (Fsp3) is 0.231. The van der Waals surface area contributed by atoms with Crippen molar-refractivity contribution in [2.45, 2.75) is 33.2 Å². The Morgan fingerprint density at radius 3 is 2.41 bits per heavy atom. The first kappa shape index (κ1) is 18.5. The number of ether oxygens (including phenoxy) is 1. The van der Waals surface area contributed by atoms with Crippen LogP contribution >= 0.6 is 0 Å². The number of methoxy groups -OCH3 is 1. The summed E-state index contributed by atoms with van der Waals surface area (Å²) in [5.41, 5.74) is 10.4. The van der Waals surface area contributed by atoms with E-state index in [-0.39, 0.29) is 0 Å². The van der Waals surface area contributed by atoms with E-state index >= 15 is 0 Å². The van der Waals surface area contributed by atoms with E-state index in [1.807, 2.05) is 12.1 Å². The molecular formula is C26H25N2O. The van der Waals surface area contributed by atoms with Crippen molar-refractivity contribution in [3.8, 4) is 17.0 Å². The molecule has 5 radical (unpaired) electrons. The monoisotopic (exact) mass is 381 g/mol. The highest BCUT2D eigenvalue weighted by Gasteiger charge is 2.31. The lowest BCUT2D eigenvalue weighted by atomic mass is 9.83. The molecule has 1 heterocycles. The van der Waals surface area contributed by atoms with Crippen molar-refractivity contribution in [3.63, 3.8) is 0 Å². The maximum Gasteiger partial charge on any atom is 0.118 e. The van der Waals surface area contributed by atoms with E-state index < -0.39 is 0 Å². The summed E-state index contributed by atoms with van der Waals surface area (Å²) in [7, 11) is 1.70. The molecule has 1 fully saturated rings. The number of rotatable bonds is 4. The average Bonchev–Trinajstić information content (AvgIpc) is 3.35. The van der Waals surface area contributed by atoms with Crippen molar-refractivity contribution in [3.05, 3.63) is 102 Å². The van der Waals surface area contributed by atoms with Crippen molar-refractivity contribution in [2.75, 3.05) is 7.11 Å². The van der Waals surface area contributed by atoms with Crippen LogP contribution in [-0.2, 0) is 19.4 Å². The number of hydrogen-bond donors (Lipinski definition) is 0. The molecular weight excluding hydrogens is 356 g/mol. The van der Waals surface area contributed by atoms with Gasteiger partial charge in [-0.2, -0.15) is 5.10 Å². The molecule has 0 amide bonds. The van der Waals surface area contributed by atoms with Gasteiger partial charge in [-0.3, -0.25) is 4.68 Å². The SMILES string of the molecule is COc1ccc(Cn2nc3c(c2[C]2[CH][CH][CH][CH]2)CCc2c(C)cc(C)cc2-3)cc1. The quantitative estimate of drug-likeness (QED) is 0.630. The van der Waals surface area contributed by atoms with E-state index in [2.05, 4.69) is 68.5 Å². The molecule has 29 heavy (non-hydrogen) atoms. The van der Waals surface area contributed by atoms with Gasteiger partial charge in [0.25, 0.3) is 0 Å². The second-order valence-electron chi connectivity index (χ2n) is 7.96. The number of benzene rings is 2. The first-order valence-corrected chi connectivity index (χ1v) is 10.2. The molecule has 0 spiro atoms. The van der Waals surface area contributed by atoms with Gasteiger partial charge in [-0.25, -0.2) is 0 Å². The third-order valence-electron chi connectivity index (χ3n) is 5.98. The Kier molecular flexibility index (Phi) is 4.69. The fourth-order valence-electron chi connectivity index (χ4n) is 4.62. The standard InChI is InChI=1S/C26H25N2O/c1-17-14-18(2)22-12-13-23-25(24(22)15-17)27-28(26(23)20-6-4-5-7-20)16-19-8-10-21(29-3)11-9-19/h4-11,14-15H,12-13,16H2,1-3H3. The second-order valence-corrected chi connectivity index (χ2v) is 7.96. The van der Waals surface area contributed by atoms with Crippen LogP contribution in [0, 0.1) is 45.4 Å². The third-order valence-corrected chi connectivity index (χ3v) is 5.98. The van der Waals surface area contributed by atoms with Gasteiger partial charge in [0, 0.05) is 17.0 Å². The Morgan fingerprint density at radius 1 is 0.966 bits per heavy atom. The summed E-state index contributed by atoms with van der Waals surface area (Å²) in [6.45, 7) is 5.15. The van der Waals surface area contributed by atoms with Gasteiger partial charge in [-0.05, 0) is 87.3 Å². The highest BCUT2D eigenvalue weighted by Crippen LogP contribution is 2.41. The molecule has 1 aromatic heterocycles. The zero-order valence-electron chi connectivity index (χ0n) is 17.2. The van der Waals surface area contributed by atoms with Crippen molar-refractivity contribution in [1.29, 1.82) is 0 Å². The Morgan fingerprint density at radius 2 is 1.69 bits per heavy atom. The number of fused-ring (bicyclic) bond motifs is 3. The molecule has 145 valence electrons. The molecule has 2 aliphatic carbocycles. The lowest BCUT2D eigenvalue weighted by molar-refractivity contribution is 0.414. The largest absolute Gasteiger partial charge is 0.497 e. The van der Waals surface area contributed by atoms with Crippen molar-refractivity contribution < 1.29 is 4.74 Å². The van der Waals surface area contributed by atoms with Gasteiger partial charge in [-0.1, -0.05) is 23.8 Å². The summed E-state index contributed by atoms with van der Waals surface area (Å²) in [4.78, 5) is 0. The van der Waals surface area contributed by atoms with E-state index in [0.29, 0.717) is 0 Å². The van der Waals surface area contributed by atoms with E-state index in [0.717, 1.165) is 30.8 Å². The normalized spacial score (nSPS) is 16.0. The van der Waals surface area contributed by atoms with Gasteiger partial charge in [0.2, 0.25) is 0 Å². The average molecular weight is 381 g/mol. The van der Waals surface area contributed by atoms with E-state index in [9.17, 15) is 0 Å². The smallest absolute Gasteiger partial charge is 0.118 e. The Hall–Kier alpha value is -2.55. The van der Waals surface area contributed by atoms with Crippen molar-refractivity contribution in [2.24, 2.45) is 0 Å². The van der Waals surface area contributed by atoms with Gasteiger partial charge in [0.05, 0.1) is 25.0 Å². The van der Waals surface area contributed by atoms with Gasteiger partial charge in [0.15, 0.2) is 0 Å². The molecule has 0 unspecified atom stereocenters. The molecule has 0 bridgehead atoms. The molecule has 0 saturated heterocycles.